The van der Waals surface area contributed by atoms with Crippen LogP contribution < -0.4 is 4.90 Å². The molecule has 4 rings (SSSR count). The number of imide groups is 1. The number of hydrogen-bond donors (Lipinski definition) is 1. The lowest BCUT2D eigenvalue weighted by atomic mass is 9.91. The van der Waals surface area contributed by atoms with Crippen molar-refractivity contribution in [2.45, 2.75) is 0 Å². The van der Waals surface area contributed by atoms with Crippen molar-refractivity contribution in [1.29, 1.82) is 0 Å². The molecule has 6 nitrogen and oxygen atoms in total. The topological polar surface area (TPSA) is 77.9 Å². The minimum atomic E-state index is -0.795. The van der Waals surface area contributed by atoms with Gasteiger partial charge in [-0.2, -0.15) is 0 Å². The number of carbonyl (C=O) groups excluding carboxylic acids is 2. The van der Waals surface area contributed by atoms with E-state index in [0.717, 1.165) is 16.0 Å². The van der Waals surface area contributed by atoms with E-state index in [1.165, 1.54) is 7.05 Å². The maximum absolute atomic E-state index is 12.3. The average molecular weight is 310 g/mol. The summed E-state index contributed by atoms with van der Waals surface area (Å²) in [6.07, 6.45) is 0. The monoisotopic (exact) mass is 310 g/mol. The van der Waals surface area contributed by atoms with Crippen LogP contribution >= 0.6 is 0 Å². The van der Waals surface area contributed by atoms with Crippen molar-refractivity contribution < 1.29 is 19.5 Å². The first-order valence-electron chi connectivity index (χ1n) is 7.35. The Morgan fingerprint density at radius 2 is 1.74 bits per heavy atom. The van der Waals surface area contributed by atoms with E-state index in [0.29, 0.717) is 29.6 Å². The molecule has 2 heterocycles. The van der Waals surface area contributed by atoms with E-state index in [1.54, 1.807) is 18.2 Å². The highest BCUT2D eigenvalue weighted by atomic mass is 16.4. The summed E-state index contributed by atoms with van der Waals surface area (Å²) < 4.78 is 0. The van der Waals surface area contributed by atoms with Gasteiger partial charge >= 0.3 is 5.97 Å². The molecule has 2 aliphatic rings. The fourth-order valence-electron chi connectivity index (χ4n) is 3.31. The molecular formula is C17H14N2O4. The van der Waals surface area contributed by atoms with E-state index in [9.17, 15) is 14.4 Å². The lowest BCUT2D eigenvalue weighted by Crippen LogP contribution is -2.50. The number of carboxylic acid groups (broad SMARTS) is 1. The van der Waals surface area contributed by atoms with Gasteiger partial charge in [-0.3, -0.25) is 19.3 Å². The number of nitrogens with zero attached hydrogens (tertiary/aromatic N) is 2. The van der Waals surface area contributed by atoms with Crippen molar-refractivity contribution in [1.82, 2.24) is 4.90 Å². The van der Waals surface area contributed by atoms with Gasteiger partial charge in [0.25, 0.3) is 11.8 Å². The van der Waals surface area contributed by atoms with Crippen molar-refractivity contribution >= 4 is 34.2 Å². The third kappa shape index (κ3) is 1.78. The Morgan fingerprint density at radius 1 is 1.09 bits per heavy atom. The summed E-state index contributed by atoms with van der Waals surface area (Å²) in [5, 5.41) is 10.5. The van der Waals surface area contributed by atoms with Gasteiger partial charge in [0.05, 0.1) is 5.92 Å². The van der Waals surface area contributed by atoms with E-state index in [1.807, 2.05) is 17.0 Å². The minimum Gasteiger partial charge on any atom is -0.481 e. The second kappa shape index (κ2) is 4.55. The van der Waals surface area contributed by atoms with Crippen molar-refractivity contribution in [3.05, 3.63) is 41.5 Å². The van der Waals surface area contributed by atoms with Crippen LogP contribution in [-0.4, -0.2) is 47.9 Å². The molecule has 0 aliphatic carbocycles. The standard InChI is InChI=1S/C17H14N2O4/c1-18-15(20)11-4-2-3-10-13(19-7-9(8-19)17(22)23)6-5-12(14(10)11)16(18)21/h2-6,9H,7-8H2,1H3,(H,22,23). The SMILES string of the molecule is CN1C(=O)c2cccc3c(N4CC(C(=O)O)C4)ccc(c23)C1=O. The summed E-state index contributed by atoms with van der Waals surface area (Å²) in [6.45, 7) is 0.881. The Hall–Kier alpha value is -2.89. The lowest BCUT2D eigenvalue weighted by molar-refractivity contribution is -0.142. The van der Waals surface area contributed by atoms with Gasteiger partial charge in [0, 0.05) is 47.7 Å². The van der Waals surface area contributed by atoms with Crippen LogP contribution in [-0.2, 0) is 4.79 Å². The largest absolute Gasteiger partial charge is 0.481 e. The van der Waals surface area contributed by atoms with E-state index in [-0.39, 0.29) is 17.7 Å². The highest BCUT2D eigenvalue weighted by molar-refractivity contribution is 6.26. The van der Waals surface area contributed by atoms with Gasteiger partial charge in [-0.05, 0) is 18.2 Å². The van der Waals surface area contributed by atoms with E-state index >= 15 is 0 Å². The second-order valence-electron chi connectivity index (χ2n) is 5.97. The molecule has 6 heteroatoms. The van der Waals surface area contributed by atoms with Gasteiger partial charge in [-0.25, -0.2) is 0 Å². The van der Waals surface area contributed by atoms with Gasteiger partial charge in [-0.15, -0.1) is 0 Å². The molecule has 2 amide bonds. The van der Waals surface area contributed by atoms with Gasteiger partial charge in [0.1, 0.15) is 0 Å². The molecule has 0 aromatic heterocycles. The number of carbonyl (C=O) groups is 3. The zero-order chi connectivity index (χ0) is 16.3. The molecule has 1 fully saturated rings. The number of carboxylic acids is 1. The summed E-state index contributed by atoms with van der Waals surface area (Å²) in [5.41, 5.74) is 1.89. The molecule has 116 valence electrons. The summed E-state index contributed by atoms with van der Waals surface area (Å²) >= 11 is 0. The highest BCUT2D eigenvalue weighted by Crippen LogP contribution is 2.37. The molecule has 2 aromatic rings. The number of benzene rings is 2. The Labute approximate surface area is 131 Å². The maximum atomic E-state index is 12.3. The van der Waals surface area contributed by atoms with Gasteiger partial charge < -0.3 is 10.0 Å². The predicted octanol–water partition coefficient (Wildman–Crippen LogP) is 1.59. The third-order valence-electron chi connectivity index (χ3n) is 4.66. The molecular weight excluding hydrogens is 296 g/mol. The fraction of sp³-hybridized carbons (Fsp3) is 0.235. The number of amides is 2. The van der Waals surface area contributed by atoms with Crippen LogP contribution in [0.25, 0.3) is 10.8 Å². The molecule has 1 N–H and O–H groups in total. The van der Waals surface area contributed by atoms with E-state index in [2.05, 4.69) is 0 Å². The summed E-state index contributed by atoms with van der Waals surface area (Å²) in [6, 6.07) is 8.94. The zero-order valence-electron chi connectivity index (χ0n) is 12.4. The van der Waals surface area contributed by atoms with Crippen molar-refractivity contribution in [2.24, 2.45) is 5.92 Å². The minimum absolute atomic E-state index is 0.308. The van der Waals surface area contributed by atoms with Gasteiger partial charge in [0.2, 0.25) is 0 Å². The Bertz CT molecular complexity index is 861. The zero-order valence-corrected chi connectivity index (χ0v) is 12.4. The number of anilines is 1. The van der Waals surface area contributed by atoms with Crippen LogP contribution in [0.5, 0.6) is 0 Å². The first-order valence-corrected chi connectivity index (χ1v) is 7.35. The smallest absolute Gasteiger partial charge is 0.310 e. The van der Waals surface area contributed by atoms with Crippen LogP contribution in [0.2, 0.25) is 0 Å². The Balaban J connectivity index is 1.88. The number of hydrogen-bond acceptors (Lipinski definition) is 4. The van der Waals surface area contributed by atoms with Crippen LogP contribution in [0.15, 0.2) is 30.3 Å². The highest BCUT2D eigenvalue weighted by Gasteiger charge is 2.35. The second-order valence-corrected chi connectivity index (χ2v) is 5.97. The molecule has 0 spiro atoms. The quantitative estimate of drug-likeness (QED) is 0.852. The fourth-order valence-corrected chi connectivity index (χ4v) is 3.31. The molecule has 2 aromatic carbocycles. The molecule has 0 atom stereocenters. The number of aliphatic carboxylic acids is 1. The molecule has 0 bridgehead atoms. The third-order valence-corrected chi connectivity index (χ3v) is 4.66. The Morgan fingerprint density at radius 3 is 2.39 bits per heavy atom. The Kier molecular flexibility index (Phi) is 2.72. The summed E-state index contributed by atoms with van der Waals surface area (Å²) in [5.74, 6) is -1.78. The molecule has 1 saturated heterocycles. The predicted molar refractivity (Wildman–Crippen MR) is 83.7 cm³/mol. The van der Waals surface area contributed by atoms with E-state index in [4.69, 9.17) is 5.11 Å². The molecule has 0 radical (unpaired) electrons. The van der Waals surface area contributed by atoms with Crippen molar-refractivity contribution in [3.63, 3.8) is 0 Å². The van der Waals surface area contributed by atoms with Crippen LogP contribution in [0.3, 0.4) is 0 Å². The lowest BCUT2D eigenvalue weighted by Gasteiger charge is -2.39. The first kappa shape index (κ1) is 13.8. The number of rotatable bonds is 2. The van der Waals surface area contributed by atoms with Crippen LogP contribution in [0, 0.1) is 5.92 Å². The van der Waals surface area contributed by atoms with Crippen LogP contribution in [0.1, 0.15) is 20.7 Å². The first-order chi connectivity index (χ1) is 11.0. The van der Waals surface area contributed by atoms with Crippen molar-refractivity contribution in [2.75, 3.05) is 25.0 Å². The molecule has 2 aliphatic heterocycles. The maximum Gasteiger partial charge on any atom is 0.310 e. The van der Waals surface area contributed by atoms with Crippen molar-refractivity contribution in [3.8, 4) is 0 Å². The normalized spacial score (nSPS) is 17.6. The van der Waals surface area contributed by atoms with E-state index < -0.39 is 5.97 Å². The summed E-state index contributed by atoms with van der Waals surface area (Å²) in [4.78, 5) is 38.7. The summed E-state index contributed by atoms with van der Waals surface area (Å²) in [7, 11) is 1.48. The molecule has 0 saturated carbocycles. The average Bonchev–Trinajstić information content (AvgIpc) is 2.49. The molecule has 0 unspecified atom stereocenters. The van der Waals surface area contributed by atoms with Gasteiger partial charge in [-0.1, -0.05) is 12.1 Å². The molecule has 23 heavy (non-hydrogen) atoms. The van der Waals surface area contributed by atoms with Crippen LogP contribution in [0.4, 0.5) is 5.69 Å². The van der Waals surface area contributed by atoms with Gasteiger partial charge in [0.15, 0.2) is 0 Å².